The molecule has 0 spiro atoms. The molecule has 4 rings (SSSR count). The van der Waals surface area contributed by atoms with Gasteiger partial charge >= 0.3 is 0 Å². The van der Waals surface area contributed by atoms with Gasteiger partial charge in [-0.2, -0.15) is 0 Å². The standard InChI is InChI=1S/C22H34N2O3/c1-16(2)6-7-21-19-10-18(20-4-3-5-22(25)24(20)21)12-23(13-19)11-17-14-26-8-9-27-15-17/h3-5,16-19,21H,6-15H2,1-2H3/t18-,19+,21+/m1/s1. The molecule has 0 radical (unpaired) electrons. The first kappa shape index (κ1) is 19.2. The van der Waals surface area contributed by atoms with Crippen LogP contribution in [0.2, 0.25) is 0 Å². The predicted molar refractivity (Wildman–Crippen MR) is 106 cm³/mol. The van der Waals surface area contributed by atoms with E-state index in [1.54, 1.807) is 6.07 Å². The second-order valence-corrected chi connectivity index (χ2v) is 9.12. The largest absolute Gasteiger partial charge is 0.379 e. The maximum atomic E-state index is 12.7. The third-order valence-corrected chi connectivity index (χ3v) is 6.51. The molecule has 0 saturated carbocycles. The lowest BCUT2D eigenvalue weighted by Crippen LogP contribution is -2.50. The van der Waals surface area contributed by atoms with Gasteiger partial charge in [0.1, 0.15) is 0 Å². The van der Waals surface area contributed by atoms with Crippen molar-refractivity contribution in [3.05, 3.63) is 34.2 Å². The average Bonchev–Trinajstić information content (AvgIpc) is 2.90. The molecular weight excluding hydrogens is 340 g/mol. The maximum Gasteiger partial charge on any atom is 0.250 e. The van der Waals surface area contributed by atoms with Crippen LogP contribution in [-0.4, -0.2) is 55.5 Å². The first-order valence-electron chi connectivity index (χ1n) is 10.7. The number of nitrogens with zero attached hydrogens (tertiary/aromatic N) is 2. The van der Waals surface area contributed by atoms with Crippen molar-refractivity contribution in [2.75, 3.05) is 46.1 Å². The molecule has 0 amide bonds. The number of hydrogen-bond acceptors (Lipinski definition) is 4. The lowest BCUT2D eigenvalue weighted by Gasteiger charge is -2.47. The summed E-state index contributed by atoms with van der Waals surface area (Å²) in [6.07, 6.45) is 3.51. The Labute approximate surface area is 162 Å². The fraction of sp³-hybridized carbons (Fsp3) is 0.773. The van der Waals surface area contributed by atoms with Gasteiger partial charge in [-0.25, -0.2) is 0 Å². The fourth-order valence-electron chi connectivity index (χ4n) is 5.30. The smallest absolute Gasteiger partial charge is 0.250 e. The number of piperidine rings is 1. The van der Waals surface area contributed by atoms with Gasteiger partial charge in [0.25, 0.3) is 5.56 Å². The zero-order chi connectivity index (χ0) is 18.8. The number of pyridine rings is 1. The second kappa shape index (κ2) is 8.46. The van der Waals surface area contributed by atoms with E-state index in [1.165, 1.54) is 18.5 Å². The van der Waals surface area contributed by atoms with E-state index >= 15 is 0 Å². The molecule has 0 N–H and O–H groups in total. The molecule has 1 aromatic rings. The minimum absolute atomic E-state index is 0.190. The van der Waals surface area contributed by atoms with E-state index in [4.69, 9.17) is 9.47 Å². The molecule has 2 saturated heterocycles. The SMILES string of the molecule is CC(C)CC[C@H]1[C@H]2C[C@H](CN(CC3COCCOC3)C2)c2cccc(=O)n21. The first-order valence-corrected chi connectivity index (χ1v) is 10.7. The van der Waals surface area contributed by atoms with Crippen molar-refractivity contribution < 1.29 is 9.47 Å². The molecule has 0 aromatic carbocycles. The number of fused-ring (bicyclic) bond motifs is 4. The van der Waals surface area contributed by atoms with E-state index in [0.717, 1.165) is 52.5 Å². The van der Waals surface area contributed by atoms with Crippen molar-refractivity contribution in [2.45, 2.75) is 45.1 Å². The lowest BCUT2D eigenvalue weighted by atomic mass is 9.76. The van der Waals surface area contributed by atoms with Crippen molar-refractivity contribution in [3.8, 4) is 0 Å². The van der Waals surface area contributed by atoms with Crippen molar-refractivity contribution in [3.63, 3.8) is 0 Å². The molecule has 0 aliphatic carbocycles. The summed E-state index contributed by atoms with van der Waals surface area (Å²) in [5.41, 5.74) is 1.44. The minimum atomic E-state index is 0.190. The topological polar surface area (TPSA) is 43.7 Å². The zero-order valence-electron chi connectivity index (χ0n) is 16.8. The van der Waals surface area contributed by atoms with Gasteiger partial charge in [0, 0.05) is 49.3 Å². The molecule has 2 fully saturated rings. The van der Waals surface area contributed by atoms with Gasteiger partial charge in [-0.05, 0) is 37.2 Å². The Morgan fingerprint density at radius 3 is 2.67 bits per heavy atom. The Hall–Kier alpha value is -1.17. The van der Waals surface area contributed by atoms with Gasteiger partial charge in [-0.1, -0.05) is 19.9 Å². The number of hydrogen-bond donors (Lipinski definition) is 0. The van der Waals surface area contributed by atoms with E-state index < -0.39 is 0 Å². The van der Waals surface area contributed by atoms with Crippen LogP contribution in [0.25, 0.3) is 0 Å². The number of rotatable bonds is 5. The highest BCUT2D eigenvalue weighted by Crippen LogP contribution is 2.43. The molecule has 2 bridgehead atoms. The number of likely N-dealkylation sites (tertiary alicyclic amines) is 1. The maximum absolute atomic E-state index is 12.7. The van der Waals surface area contributed by atoms with Crippen LogP contribution in [0.1, 0.15) is 50.8 Å². The Morgan fingerprint density at radius 2 is 1.93 bits per heavy atom. The van der Waals surface area contributed by atoms with Crippen LogP contribution in [0.5, 0.6) is 0 Å². The molecule has 3 atom stereocenters. The van der Waals surface area contributed by atoms with E-state index in [1.807, 2.05) is 6.07 Å². The van der Waals surface area contributed by atoms with Crippen LogP contribution in [-0.2, 0) is 9.47 Å². The van der Waals surface area contributed by atoms with E-state index in [2.05, 4.69) is 29.4 Å². The summed E-state index contributed by atoms with van der Waals surface area (Å²) in [6.45, 7) is 10.8. The normalized spacial score (nSPS) is 29.5. The number of aromatic nitrogens is 1. The highest BCUT2D eigenvalue weighted by molar-refractivity contribution is 5.19. The van der Waals surface area contributed by atoms with Gasteiger partial charge in [0.2, 0.25) is 0 Å². The average molecular weight is 375 g/mol. The quantitative estimate of drug-likeness (QED) is 0.795. The molecular formula is C22H34N2O3. The first-order chi connectivity index (χ1) is 13.1. The summed E-state index contributed by atoms with van der Waals surface area (Å²) in [7, 11) is 0. The van der Waals surface area contributed by atoms with Crippen molar-refractivity contribution >= 4 is 0 Å². The molecule has 5 nitrogen and oxygen atoms in total. The fourth-order valence-corrected chi connectivity index (χ4v) is 5.30. The molecule has 3 aliphatic heterocycles. The number of ether oxygens (including phenoxy) is 2. The van der Waals surface area contributed by atoms with Gasteiger partial charge in [0.05, 0.1) is 26.4 Å². The summed E-state index contributed by atoms with van der Waals surface area (Å²) in [4.78, 5) is 15.3. The summed E-state index contributed by atoms with van der Waals surface area (Å²) >= 11 is 0. The Kier molecular flexibility index (Phi) is 6.00. The minimum Gasteiger partial charge on any atom is -0.379 e. The molecule has 4 heterocycles. The molecule has 1 aromatic heterocycles. The van der Waals surface area contributed by atoms with Crippen LogP contribution in [0.15, 0.2) is 23.0 Å². The van der Waals surface area contributed by atoms with Crippen molar-refractivity contribution in [1.29, 1.82) is 0 Å². The molecule has 27 heavy (non-hydrogen) atoms. The van der Waals surface area contributed by atoms with Crippen LogP contribution in [0.4, 0.5) is 0 Å². The van der Waals surface area contributed by atoms with E-state index in [9.17, 15) is 4.79 Å². The van der Waals surface area contributed by atoms with Gasteiger partial charge in [-0.3, -0.25) is 4.79 Å². The third kappa shape index (κ3) is 4.30. The Morgan fingerprint density at radius 1 is 1.15 bits per heavy atom. The molecule has 0 unspecified atom stereocenters. The van der Waals surface area contributed by atoms with Gasteiger partial charge in [-0.15, -0.1) is 0 Å². The van der Waals surface area contributed by atoms with Crippen LogP contribution in [0, 0.1) is 17.8 Å². The zero-order valence-corrected chi connectivity index (χ0v) is 16.8. The van der Waals surface area contributed by atoms with Crippen molar-refractivity contribution in [1.82, 2.24) is 9.47 Å². The highest BCUT2D eigenvalue weighted by atomic mass is 16.5. The molecule has 5 heteroatoms. The van der Waals surface area contributed by atoms with Crippen LogP contribution in [0.3, 0.4) is 0 Å². The van der Waals surface area contributed by atoms with Crippen LogP contribution >= 0.6 is 0 Å². The summed E-state index contributed by atoms with van der Waals surface area (Å²) in [6, 6.07) is 6.22. The summed E-state index contributed by atoms with van der Waals surface area (Å²) in [5, 5.41) is 0. The Bertz CT molecular complexity index is 678. The highest BCUT2D eigenvalue weighted by Gasteiger charge is 2.40. The molecule has 150 valence electrons. The van der Waals surface area contributed by atoms with E-state index in [0.29, 0.717) is 29.7 Å². The summed E-state index contributed by atoms with van der Waals surface area (Å²) < 4.78 is 13.6. The third-order valence-electron chi connectivity index (χ3n) is 6.51. The predicted octanol–water partition coefficient (Wildman–Crippen LogP) is 2.91. The monoisotopic (exact) mass is 374 g/mol. The van der Waals surface area contributed by atoms with Crippen molar-refractivity contribution in [2.24, 2.45) is 17.8 Å². The van der Waals surface area contributed by atoms with Gasteiger partial charge < -0.3 is 18.9 Å². The van der Waals surface area contributed by atoms with Crippen LogP contribution < -0.4 is 5.56 Å². The Balaban J connectivity index is 1.54. The summed E-state index contributed by atoms with van der Waals surface area (Å²) in [5.74, 6) is 2.17. The van der Waals surface area contributed by atoms with E-state index in [-0.39, 0.29) is 5.56 Å². The second-order valence-electron chi connectivity index (χ2n) is 9.12. The van der Waals surface area contributed by atoms with Gasteiger partial charge in [0.15, 0.2) is 0 Å². The lowest BCUT2D eigenvalue weighted by molar-refractivity contribution is 0.0483. The molecule has 3 aliphatic rings.